The molecular formula is C15H23ClN2O3. The fourth-order valence-electron chi connectivity index (χ4n) is 2.44. The van der Waals surface area contributed by atoms with Crippen molar-refractivity contribution in [2.24, 2.45) is 0 Å². The maximum absolute atomic E-state index is 12.3. The highest BCUT2D eigenvalue weighted by molar-refractivity contribution is 5.85. The van der Waals surface area contributed by atoms with Crippen LogP contribution in [0.3, 0.4) is 0 Å². The van der Waals surface area contributed by atoms with Crippen LogP contribution >= 0.6 is 12.4 Å². The van der Waals surface area contributed by atoms with Gasteiger partial charge in [0.2, 0.25) is 5.91 Å². The second-order valence-corrected chi connectivity index (χ2v) is 5.06. The number of hydrogen-bond acceptors (Lipinski definition) is 4. The van der Waals surface area contributed by atoms with E-state index in [4.69, 9.17) is 9.47 Å². The van der Waals surface area contributed by atoms with E-state index >= 15 is 0 Å². The van der Waals surface area contributed by atoms with Gasteiger partial charge in [-0.05, 0) is 24.6 Å². The third-order valence-corrected chi connectivity index (χ3v) is 3.52. The molecular weight excluding hydrogens is 292 g/mol. The summed E-state index contributed by atoms with van der Waals surface area (Å²) in [7, 11) is 3.20. The molecule has 6 heteroatoms. The van der Waals surface area contributed by atoms with E-state index in [0.717, 1.165) is 25.2 Å². The Kier molecular flexibility index (Phi) is 6.78. The summed E-state index contributed by atoms with van der Waals surface area (Å²) < 4.78 is 10.5. The number of ether oxygens (including phenoxy) is 2. The summed E-state index contributed by atoms with van der Waals surface area (Å²) in [6, 6.07) is 5.97. The minimum Gasteiger partial charge on any atom is -0.493 e. The molecule has 2 rings (SSSR count). The Balaban J connectivity index is 0.00000220. The van der Waals surface area contributed by atoms with Gasteiger partial charge in [-0.3, -0.25) is 4.79 Å². The second-order valence-electron chi connectivity index (χ2n) is 5.06. The van der Waals surface area contributed by atoms with Gasteiger partial charge in [-0.2, -0.15) is 0 Å². The Hall–Kier alpha value is -1.46. The van der Waals surface area contributed by atoms with Gasteiger partial charge in [-0.15, -0.1) is 12.4 Å². The molecule has 21 heavy (non-hydrogen) atoms. The van der Waals surface area contributed by atoms with Crippen molar-refractivity contribution < 1.29 is 14.3 Å². The summed E-state index contributed by atoms with van der Waals surface area (Å²) in [5.41, 5.74) is 0.943. The Labute approximate surface area is 132 Å². The lowest BCUT2D eigenvalue weighted by atomic mass is 10.1. The number of rotatable bonds is 4. The Morgan fingerprint density at radius 2 is 2.05 bits per heavy atom. The summed E-state index contributed by atoms with van der Waals surface area (Å²) in [5, 5.41) is 3.33. The third kappa shape index (κ3) is 4.51. The fraction of sp³-hybridized carbons (Fsp3) is 0.533. The predicted octanol–water partition coefficient (Wildman–Crippen LogP) is 1.49. The molecule has 1 aliphatic rings. The first-order chi connectivity index (χ1) is 9.63. The van der Waals surface area contributed by atoms with Crippen LogP contribution in [0.4, 0.5) is 0 Å². The molecule has 0 aliphatic carbocycles. The number of benzene rings is 1. The maximum Gasteiger partial charge on any atom is 0.227 e. The Morgan fingerprint density at radius 1 is 1.33 bits per heavy atom. The molecule has 5 nitrogen and oxygen atoms in total. The van der Waals surface area contributed by atoms with Crippen molar-refractivity contribution in [3.05, 3.63) is 23.8 Å². The van der Waals surface area contributed by atoms with E-state index in [2.05, 4.69) is 12.2 Å². The summed E-state index contributed by atoms with van der Waals surface area (Å²) in [4.78, 5) is 14.2. The molecule has 118 valence electrons. The van der Waals surface area contributed by atoms with E-state index in [-0.39, 0.29) is 18.3 Å². The van der Waals surface area contributed by atoms with Gasteiger partial charge in [-0.1, -0.05) is 6.07 Å². The van der Waals surface area contributed by atoms with Gasteiger partial charge in [0.25, 0.3) is 0 Å². The highest BCUT2D eigenvalue weighted by Gasteiger charge is 2.20. The molecule has 0 saturated carbocycles. The molecule has 1 atom stereocenters. The smallest absolute Gasteiger partial charge is 0.227 e. The number of halogens is 1. The van der Waals surface area contributed by atoms with Crippen molar-refractivity contribution >= 4 is 18.3 Å². The van der Waals surface area contributed by atoms with Gasteiger partial charge < -0.3 is 19.7 Å². The van der Waals surface area contributed by atoms with E-state index < -0.39 is 0 Å². The normalized spacial score (nSPS) is 17.9. The van der Waals surface area contributed by atoms with E-state index in [9.17, 15) is 4.79 Å². The number of methoxy groups -OCH3 is 2. The number of carbonyl (C=O) groups is 1. The molecule has 1 fully saturated rings. The summed E-state index contributed by atoms with van der Waals surface area (Å²) in [5.74, 6) is 1.50. The van der Waals surface area contributed by atoms with Crippen LogP contribution in [0.5, 0.6) is 11.5 Å². The van der Waals surface area contributed by atoms with Crippen LogP contribution in [0, 0.1) is 0 Å². The van der Waals surface area contributed by atoms with E-state index in [1.807, 2.05) is 23.1 Å². The van der Waals surface area contributed by atoms with Crippen LogP contribution in [0.25, 0.3) is 0 Å². The number of piperazine rings is 1. The van der Waals surface area contributed by atoms with Crippen LogP contribution in [0.2, 0.25) is 0 Å². The fourth-order valence-corrected chi connectivity index (χ4v) is 2.44. The SMILES string of the molecule is COc1ccc(CC(=O)N2CCN[C@@H](C)C2)cc1OC.Cl. The molecule has 0 aromatic heterocycles. The van der Waals surface area contributed by atoms with Gasteiger partial charge in [0.1, 0.15) is 0 Å². The van der Waals surface area contributed by atoms with Crippen molar-refractivity contribution in [3.63, 3.8) is 0 Å². The largest absolute Gasteiger partial charge is 0.493 e. The summed E-state index contributed by atoms with van der Waals surface area (Å²) >= 11 is 0. The quantitative estimate of drug-likeness (QED) is 0.915. The van der Waals surface area contributed by atoms with Crippen LogP contribution in [-0.2, 0) is 11.2 Å². The average Bonchev–Trinajstić information content (AvgIpc) is 2.47. The van der Waals surface area contributed by atoms with Gasteiger partial charge in [0, 0.05) is 25.7 Å². The zero-order chi connectivity index (χ0) is 14.5. The molecule has 0 radical (unpaired) electrons. The van der Waals surface area contributed by atoms with E-state index in [1.165, 1.54) is 0 Å². The maximum atomic E-state index is 12.3. The number of carbonyl (C=O) groups excluding carboxylic acids is 1. The predicted molar refractivity (Wildman–Crippen MR) is 84.5 cm³/mol. The molecule has 1 amide bonds. The lowest BCUT2D eigenvalue weighted by Crippen LogP contribution is -2.51. The van der Waals surface area contributed by atoms with Gasteiger partial charge in [-0.25, -0.2) is 0 Å². The Bertz CT molecular complexity index is 482. The van der Waals surface area contributed by atoms with Crippen molar-refractivity contribution in [1.82, 2.24) is 10.2 Å². The van der Waals surface area contributed by atoms with E-state index in [1.54, 1.807) is 14.2 Å². The van der Waals surface area contributed by atoms with Gasteiger partial charge >= 0.3 is 0 Å². The molecule has 1 aromatic carbocycles. The zero-order valence-electron chi connectivity index (χ0n) is 12.7. The standard InChI is InChI=1S/C15H22N2O3.ClH/c1-11-10-17(7-6-16-11)15(18)9-12-4-5-13(19-2)14(8-12)20-3;/h4-5,8,11,16H,6-7,9-10H2,1-3H3;1H/t11-;/m0./s1. The van der Waals surface area contributed by atoms with Crippen LogP contribution in [0.15, 0.2) is 18.2 Å². The van der Waals surface area contributed by atoms with Crippen molar-refractivity contribution in [2.75, 3.05) is 33.9 Å². The molecule has 1 aliphatic heterocycles. The highest BCUT2D eigenvalue weighted by Crippen LogP contribution is 2.27. The molecule has 0 spiro atoms. The number of nitrogens with zero attached hydrogens (tertiary/aromatic N) is 1. The molecule has 0 unspecified atom stereocenters. The van der Waals surface area contributed by atoms with Crippen molar-refractivity contribution in [3.8, 4) is 11.5 Å². The molecule has 1 aromatic rings. The lowest BCUT2D eigenvalue weighted by molar-refractivity contribution is -0.131. The molecule has 1 N–H and O–H groups in total. The first-order valence-corrected chi connectivity index (χ1v) is 6.86. The number of nitrogens with one attached hydrogen (secondary N) is 1. The first kappa shape index (κ1) is 17.6. The highest BCUT2D eigenvalue weighted by atomic mass is 35.5. The second kappa shape index (κ2) is 8.10. The van der Waals surface area contributed by atoms with E-state index in [0.29, 0.717) is 24.0 Å². The number of amides is 1. The lowest BCUT2D eigenvalue weighted by Gasteiger charge is -2.32. The summed E-state index contributed by atoms with van der Waals surface area (Å²) in [6.45, 7) is 4.50. The zero-order valence-corrected chi connectivity index (χ0v) is 13.5. The third-order valence-electron chi connectivity index (χ3n) is 3.52. The molecule has 1 heterocycles. The van der Waals surface area contributed by atoms with Gasteiger partial charge in [0.05, 0.1) is 20.6 Å². The minimum atomic E-state index is 0. The van der Waals surface area contributed by atoms with Crippen molar-refractivity contribution in [1.29, 1.82) is 0 Å². The first-order valence-electron chi connectivity index (χ1n) is 6.86. The average molecular weight is 315 g/mol. The monoisotopic (exact) mass is 314 g/mol. The summed E-state index contributed by atoms with van der Waals surface area (Å²) in [6.07, 6.45) is 0.396. The topological polar surface area (TPSA) is 50.8 Å². The minimum absolute atomic E-state index is 0. The van der Waals surface area contributed by atoms with Crippen LogP contribution in [0.1, 0.15) is 12.5 Å². The van der Waals surface area contributed by atoms with Crippen LogP contribution in [-0.4, -0.2) is 50.7 Å². The number of hydrogen-bond donors (Lipinski definition) is 1. The Morgan fingerprint density at radius 3 is 2.67 bits per heavy atom. The van der Waals surface area contributed by atoms with Crippen molar-refractivity contribution in [2.45, 2.75) is 19.4 Å². The van der Waals surface area contributed by atoms with Gasteiger partial charge in [0.15, 0.2) is 11.5 Å². The molecule has 0 bridgehead atoms. The van der Waals surface area contributed by atoms with Crippen LogP contribution < -0.4 is 14.8 Å². The molecule has 1 saturated heterocycles.